The first-order valence-corrected chi connectivity index (χ1v) is 5.89. The third-order valence-corrected chi connectivity index (χ3v) is 3.93. The van der Waals surface area contributed by atoms with Crippen LogP contribution in [0.1, 0.15) is 6.42 Å². The minimum absolute atomic E-state index is 0.672. The molecular formula is C6H13NOS2. The van der Waals surface area contributed by atoms with Crippen LogP contribution in [0.2, 0.25) is 0 Å². The van der Waals surface area contributed by atoms with E-state index < -0.39 is 0 Å². The van der Waals surface area contributed by atoms with Gasteiger partial charge in [0, 0.05) is 24.7 Å². The lowest BCUT2D eigenvalue weighted by Crippen LogP contribution is -2.34. The molecule has 0 aromatic heterocycles. The summed E-state index contributed by atoms with van der Waals surface area (Å²) in [6.07, 6.45) is 1.28. The molecule has 1 saturated heterocycles. The number of ether oxygens (including phenoxy) is 1. The van der Waals surface area contributed by atoms with Crippen LogP contribution in [0.15, 0.2) is 0 Å². The van der Waals surface area contributed by atoms with Crippen LogP contribution in [0.5, 0.6) is 0 Å². The predicted octanol–water partition coefficient (Wildman–Crippen LogP) is 1.33. The normalized spacial score (nSPS) is 26.7. The van der Waals surface area contributed by atoms with Crippen LogP contribution < -0.4 is 5.32 Å². The lowest BCUT2D eigenvalue weighted by molar-refractivity contribution is 0.165. The van der Waals surface area contributed by atoms with Gasteiger partial charge in [0.05, 0.1) is 6.73 Å². The van der Waals surface area contributed by atoms with Crippen LogP contribution >= 0.6 is 21.6 Å². The lowest BCUT2D eigenvalue weighted by Gasteiger charge is -2.21. The van der Waals surface area contributed by atoms with Crippen LogP contribution in [0.25, 0.3) is 0 Å². The largest absolute Gasteiger partial charge is 0.370 e. The van der Waals surface area contributed by atoms with Crippen molar-refractivity contribution in [1.29, 1.82) is 0 Å². The topological polar surface area (TPSA) is 21.3 Å². The maximum atomic E-state index is 4.92. The van der Waals surface area contributed by atoms with Gasteiger partial charge in [0.15, 0.2) is 0 Å². The van der Waals surface area contributed by atoms with E-state index in [1.165, 1.54) is 17.9 Å². The van der Waals surface area contributed by atoms with E-state index in [4.69, 9.17) is 4.74 Å². The lowest BCUT2D eigenvalue weighted by atomic mass is 10.3. The second-order valence-corrected chi connectivity index (χ2v) is 4.86. The Morgan fingerprint density at radius 2 is 2.50 bits per heavy atom. The molecule has 1 heterocycles. The molecular weight excluding hydrogens is 166 g/mol. The summed E-state index contributed by atoms with van der Waals surface area (Å²) < 4.78 is 4.92. The van der Waals surface area contributed by atoms with Gasteiger partial charge in [-0.15, -0.1) is 0 Å². The summed E-state index contributed by atoms with van der Waals surface area (Å²) >= 11 is 0. The van der Waals surface area contributed by atoms with Gasteiger partial charge in [-0.25, -0.2) is 0 Å². The van der Waals surface area contributed by atoms with E-state index in [-0.39, 0.29) is 0 Å². The molecule has 0 bridgehead atoms. The third-order valence-electron chi connectivity index (χ3n) is 1.42. The first kappa shape index (κ1) is 8.71. The minimum Gasteiger partial charge on any atom is -0.370 e. The molecule has 0 amide bonds. The minimum atomic E-state index is 0.672. The molecule has 1 fully saturated rings. The van der Waals surface area contributed by atoms with Gasteiger partial charge in [-0.3, -0.25) is 5.32 Å². The molecule has 1 rings (SSSR count). The van der Waals surface area contributed by atoms with Gasteiger partial charge in [0.2, 0.25) is 0 Å². The van der Waals surface area contributed by atoms with E-state index in [1.54, 1.807) is 7.11 Å². The molecule has 0 aliphatic carbocycles. The number of hydrogen-bond donors (Lipinski definition) is 1. The molecule has 10 heavy (non-hydrogen) atoms. The molecule has 2 nitrogen and oxygen atoms in total. The Morgan fingerprint density at radius 3 is 3.10 bits per heavy atom. The van der Waals surface area contributed by atoms with E-state index in [0.717, 1.165) is 0 Å². The summed E-state index contributed by atoms with van der Waals surface area (Å²) in [5.41, 5.74) is 0. The number of hydrogen-bond acceptors (Lipinski definition) is 4. The average molecular weight is 179 g/mol. The highest BCUT2D eigenvalue weighted by molar-refractivity contribution is 8.76. The maximum absolute atomic E-state index is 4.92. The van der Waals surface area contributed by atoms with Crippen LogP contribution in [-0.4, -0.2) is 31.4 Å². The Kier molecular flexibility index (Phi) is 4.61. The second-order valence-electron chi connectivity index (χ2n) is 2.23. The molecule has 0 radical (unpaired) electrons. The molecule has 0 saturated carbocycles. The van der Waals surface area contributed by atoms with Crippen molar-refractivity contribution in [1.82, 2.24) is 5.32 Å². The molecule has 1 unspecified atom stereocenters. The summed E-state index contributed by atoms with van der Waals surface area (Å²) in [4.78, 5) is 0. The first-order chi connectivity index (χ1) is 4.93. The van der Waals surface area contributed by atoms with Crippen LogP contribution in [0, 0.1) is 0 Å². The summed E-state index contributed by atoms with van der Waals surface area (Å²) in [5.74, 6) is 2.49. The molecule has 4 heteroatoms. The van der Waals surface area contributed by atoms with Crippen molar-refractivity contribution >= 4 is 21.6 Å². The van der Waals surface area contributed by atoms with Crippen molar-refractivity contribution in [2.45, 2.75) is 12.5 Å². The first-order valence-electron chi connectivity index (χ1n) is 3.40. The number of methoxy groups -OCH3 is 1. The Labute approximate surface area is 69.9 Å². The molecule has 60 valence electrons. The van der Waals surface area contributed by atoms with Gasteiger partial charge in [-0.2, -0.15) is 0 Å². The van der Waals surface area contributed by atoms with Gasteiger partial charge >= 0.3 is 0 Å². The highest BCUT2D eigenvalue weighted by atomic mass is 33.1. The van der Waals surface area contributed by atoms with Crippen LogP contribution in [0.3, 0.4) is 0 Å². The highest BCUT2D eigenvalue weighted by Crippen LogP contribution is 2.28. The van der Waals surface area contributed by atoms with Gasteiger partial charge in [0.1, 0.15) is 0 Å². The smallest absolute Gasteiger partial charge is 0.0963 e. The maximum Gasteiger partial charge on any atom is 0.0963 e. The zero-order valence-electron chi connectivity index (χ0n) is 6.13. The van der Waals surface area contributed by atoms with E-state index in [1.807, 2.05) is 21.6 Å². The van der Waals surface area contributed by atoms with Crippen LogP contribution in [0.4, 0.5) is 0 Å². The fourth-order valence-corrected chi connectivity index (χ4v) is 3.29. The molecule has 0 spiro atoms. The predicted molar refractivity (Wildman–Crippen MR) is 48.3 cm³/mol. The van der Waals surface area contributed by atoms with Gasteiger partial charge in [-0.05, 0) is 6.42 Å². The van der Waals surface area contributed by atoms with Crippen molar-refractivity contribution in [3.8, 4) is 0 Å². The van der Waals surface area contributed by atoms with Gasteiger partial charge in [0.25, 0.3) is 0 Å². The Hall–Kier alpha value is 0.620. The van der Waals surface area contributed by atoms with Crippen molar-refractivity contribution in [2.24, 2.45) is 0 Å². The summed E-state index contributed by atoms with van der Waals surface area (Å²) in [5, 5.41) is 3.31. The van der Waals surface area contributed by atoms with Crippen molar-refractivity contribution in [2.75, 3.05) is 25.3 Å². The molecule has 1 aliphatic rings. The van der Waals surface area contributed by atoms with Crippen molar-refractivity contribution in [3.63, 3.8) is 0 Å². The Bertz CT molecular complexity index is 85.8. The summed E-state index contributed by atoms with van der Waals surface area (Å²) in [6, 6.07) is 0.672. The van der Waals surface area contributed by atoms with Crippen LogP contribution in [-0.2, 0) is 4.74 Å². The zero-order valence-corrected chi connectivity index (χ0v) is 7.76. The van der Waals surface area contributed by atoms with E-state index >= 15 is 0 Å². The number of nitrogens with one attached hydrogen (secondary N) is 1. The standard InChI is InChI=1S/C6H13NOS2/c1-8-5-7-6-2-3-9-10-4-6/h6-7H,2-5H2,1H3. The van der Waals surface area contributed by atoms with Gasteiger partial charge < -0.3 is 4.74 Å². The molecule has 0 aromatic carbocycles. The molecule has 1 N–H and O–H groups in total. The highest BCUT2D eigenvalue weighted by Gasteiger charge is 2.12. The zero-order chi connectivity index (χ0) is 7.23. The molecule has 0 aromatic rings. The fourth-order valence-electron chi connectivity index (χ4n) is 0.825. The van der Waals surface area contributed by atoms with E-state index in [0.29, 0.717) is 12.8 Å². The monoisotopic (exact) mass is 179 g/mol. The fraction of sp³-hybridized carbons (Fsp3) is 1.00. The van der Waals surface area contributed by atoms with E-state index in [9.17, 15) is 0 Å². The number of rotatable bonds is 3. The average Bonchev–Trinajstić information content (AvgIpc) is 2.03. The molecule has 1 atom stereocenters. The van der Waals surface area contributed by atoms with Crippen molar-refractivity contribution < 1.29 is 4.74 Å². The Morgan fingerprint density at radius 1 is 1.60 bits per heavy atom. The van der Waals surface area contributed by atoms with Crippen molar-refractivity contribution in [3.05, 3.63) is 0 Å². The SMILES string of the molecule is COCNC1CCSSC1. The van der Waals surface area contributed by atoms with Gasteiger partial charge in [-0.1, -0.05) is 21.6 Å². The summed E-state index contributed by atoms with van der Waals surface area (Å²) in [6.45, 7) is 0.690. The second kappa shape index (κ2) is 5.29. The quantitative estimate of drug-likeness (QED) is 0.521. The third kappa shape index (κ3) is 3.14. The van der Waals surface area contributed by atoms with E-state index in [2.05, 4.69) is 5.32 Å². The Balaban J connectivity index is 2.02. The molecule has 1 aliphatic heterocycles. The summed E-state index contributed by atoms with van der Waals surface area (Å²) in [7, 11) is 5.64.